The van der Waals surface area contributed by atoms with E-state index in [-0.39, 0.29) is 10.8 Å². The summed E-state index contributed by atoms with van der Waals surface area (Å²) in [5, 5.41) is 0.645. The van der Waals surface area contributed by atoms with E-state index in [1.807, 2.05) is 0 Å². The average molecular weight is 238 g/mol. The van der Waals surface area contributed by atoms with E-state index in [1.54, 1.807) is 0 Å². The second-order valence-corrected chi connectivity index (χ2v) is 3.18. The van der Waals surface area contributed by atoms with Crippen molar-refractivity contribution in [1.29, 1.82) is 0 Å². The molecule has 0 bridgehead atoms. The molecule has 1 aromatic rings. The Hall–Kier alpha value is -0.930. The molecule has 0 saturated carbocycles. The molecular weight excluding hydrogens is 227 g/mol. The molecule has 0 radical (unpaired) electrons. The molecule has 0 aliphatic heterocycles. The maximum atomic E-state index is 11.0. The van der Waals surface area contributed by atoms with Gasteiger partial charge in [-0.3, -0.25) is 0 Å². The minimum atomic E-state index is -2.77. The van der Waals surface area contributed by atoms with Gasteiger partial charge in [0.1, 0.15) is 5.75 Å². The number of rotatable bonds is 3. The highest BCUT2D eigenvalue weighted by Crippen LogP contribution is 2.27. The minimum Gasteiger partial charge on any atom is -0.480 e. The second-order valence-electron chi connectivity index (χ2n) is 2.34. The van der Waals surface area contributed by atoms with Gasteiger partial charge in [-0.1, -0.05) is 23.2 Å². The first-order chi connectivity index (χ1) is 7.78. The van der Waals surface area contributed by atoms with Crippen LogP contribution in [0.4, 0.5) is 0 Å². The summed E-state index contributed by atoms with van der Waals surface area (Å²) in [4.78, 5) is 11.0. The molecule has 0 fully saturated rings. The van der Waals surface area contributed by atoms with Crippen LogP contribution in [0.15, 0.2) is 18.2 Å². The largest absolute Gasteiger partial charge is 0.480 e. The van der Waals surface area contributed by atoms with E-state index in [0.717, 1.165) is 0 Å². The van der Waals surface area contributed by atoms with Crippen LogP contribution in [0.3, 0.4) is 0 Å². The molecule has 0 unspecified atom stereocenters. The minimum absolute atomic E-state index is 0.221. The number of benzene rings is 1. The van der Waals surface area contributed by atoms with Gasteiger partial charge in [0.2, 0.25) is 0 Å². The number of ether oxygens (including phenoxy) is 2. The number of hydrogen-bond acceptors (Lipinski definition) is 3. The van der Waals surface area contributed by atoms with Gasteiger partial charge >= 0.3 is 5.97 Å². The molecule has 76 valence electrons. The number of carbonyl (C=O) groups excluding carboxylic acids is 1. The number of methoxy groups -OCH3 is 1. The molecule has 0 aromatic heterocycles. The van der Waals surface area contributed by atoms with Crippen LogP contribution in [-0.2, 0) is 9.53 Å². The van der Waals surface area contributed by atoms with Crippen LogP contribution in [0.5, 0.6) is 5.75 Å². The van der Waals surface area contributed by atoms with Crippen molar-refractivity contribution in [2.45, 2.75) is 0 Å². The van der Waals surface area contributed by atoms with Gasteiger partial charge in [-0.2, -0.15) is 0 Å². The molecular formula is C9H8Cl2O3. The Morgan fingerprint density at radius 1 is 1.57 bits per heavy atom. The van der Waals surface area contributed by atoms with E-state index < -0.39 is 19.6 Å². The van der Waals surface area contributed by atoms with Crippen LogP contribution < -0.4 is 4.74 Å². The van der Waals surface area contributed by atoms with Gasteiger partial charge in [-0.05, 0) is 18.2 Å². The zero-order chi connectivity index (χ0) is 13.1. The van der Waals surface area contributed by atoms with Gasteiger partial charge in [0, 0.05) is 5.02 Å². The predicted molar refractivity (Wildman–Crippen MR) is 54.0 cm³/mol. The van der Waals surface area contributed by atoms with Crippen molar-refractivity contribution in [1.82, 2.24) is 0 Å². The molecule has 1 aromatic carbocycles. The third-order valence-electron chi connectivity index (χ3n) is 1.35. The first kappa shape index (κ1) is 7.37. The Morgan fingerprint density at radius 3 is 3.00 bits per heavy atom. The van der Waals surface area contributed by atoms with E-state index in [1.165, 1.54) is 18.2 Å². The Morgan fingerprint density at radius 2 is 2.36 bits per heavy atom. The lowest BCUT2D eigenvalue weighted by Crippen LogP contribution is -2.12. The van der Waals surface area contributed by atoms with E-state index in [2.05, 4.69) is 4.74 Å². The lowest BCUT2D eigenvalue weighted by Gasteiger charge is -2.06. The zero-order valence-electron chi connectivity index (χ0n) is 9.92. The van der Waals surface area contributed by atoms with Gasteiger partial charge in [-0.15, -0.1) is 0 Å². The van der Waals surface area contributed by atoms with E-state index in [9.17, 15) is 4.79 Å². The van der Waals surface area contributed by atoms with E-state index in [0.29, 0.717) is 5.02 Å². The highest BCUT2D eigenvalue weighted by molar-refractivity contribution is 6.35. The summed E-state index contributed by atoms with van der Waals surface area (Å²) in [6.45, 7) is -0.542. The summed E-state index contributed by atoms with van der Waals surface area (Å²) >= 11 is 11.4. The summed E-state index contributed by atoms with van der Waals surface area (Å²) in [5.41, 5.74) is 0. The zero-order valence-corrected chi connectivity index (χ0v) is 8.43. The van der Waals surface area contributed by atoms with Crippen LogP contribution in [-0.4, -0.2) is 19.6 Å². The summed E-state index contributed by atoms with van der Waals surface area (Å²) in [6, 6.07) is 4.43. The van der Waals surface area contributed by atoms with Gasteiger partial charge in [-0.25, -0.2) is 4.79 Å². The van der Waals surface area contributed by atoms with Crippen LogP contribution in [0.1, 0.15) is 4.11 Å². The SMILES string of the molecule is [2H]C([2H])([2H])OC(=O)COc1ccc(Cl)cc1Cl. The molecule has 0 N–H and O–H groups in total. The van der Waals surface area contributed by atoms with Gasteiger partial charge in [0.25, 0.3) is 0 Å². The van der Waals surface area contributed by atoms with E-state index in [4.69, 9.17) is 32.1 Å². The van der Waals surface area contributed by atoms with Crippen molar-refractivity contribution < 1.29 is 18.4 Å². The molecule has 0 spiro atoms. The van der Waals surface area contributed by atoms with Crippen molar-refractivity contribution in [2.24, 2.45) is 0 Å². The fourth-order valence-electron chi connectivity index (χ4n) is 0.758. The molecule has 0 aliphatic carbocycles. The second kappa shape index (κ2) is 5.08. The van der Waals surface area contributed by atoms with Crippen LogP contribution in [0, 0.1) is 0 Å². The molecule has 0 atom stereocenters. The normalized spacial score (nSPS) is 13.7. The van der Waals surface area contributed by atoms with E-state index >= 15 is 0 Å². The van der Waals surface area contributed by atoms with Crippen molar-refractivity contribution >= 4 is 29.2 Å². The molecule has 0 amide bonds. The summed E-state index contributed by atoms with van der Waals surface area (Å²) in [6.07, 6.45) is 0. The lowest BCUT2D eigenvalue weighted by molar-refractivity contribution is -0.142. The first-order valence-electron chi connectivity index (χ1n) is 5.07. The number of carbonyl (C=O) groups is 1. The van der Waals surface area contributed by atoms with Gasteiger partial charge in [0.05, 0.1) is 16.2 Å². The number of halogens is 2. The van der Waals surface area contributed by atoms with Crippen molar-refractivity contribution in [2.75, 3.05) is 13.6 Å². The standard InChI is InChI=1S/C9H8Cl2O3/c1-13-9(12)5-14-8-3-2-6(10)4-7(8)11/h2-4H,5H2,1H3/i1D3. The quantitative estimate of drug-likeness (QED) is 0.759. The first-order valence-corrected chi connectivity index (χ1v) is 4.33. The Bertz CT molecular complexity index is 420. The monoisotopic (exact) mass is 237 g/mol. The molecule has 1 rings (SSSR count). The molecule has 0 heterocycles. The van der Waals surface area contributed by atoms with Crippen molar-refractivity contribution in [3.05, 3.63) is 28.2 Å². The van der Waals surface area contributed by atoms with Gasteiger partial charge < -0.3 is 9.47 Å². The van der Waals surface area contributed by atoms with Crippen molar-refractivity contribution in [3.8, 4) is 5.75 Å². The van der Waals surface area contributed by atoms with Crippen LogP contribution >= 0.6 is 23.2 Å². The average Bonchev–Trinajstić information content (AvgIpc) is 2.13. The predicted octanol–water partition coefficient (Wildman–Crippen LogP) is 2.55. The third kappa shape index (κ3) is 3.09. The van der Waals surface area contributed by atoms with Crippen LogP contribution in [0.2, 0.25) is 10.0 Å². The Labute approximate surface area is 95.7 Å². The fourth-order valence-corrected chi connectivity index (χ4v) is 1.22. The Kier molecular flexibility index (Phi) is 2.67. The third-order valence-corrected chi connectivity index (χ3v) is 1.88. The molecule has 14 heavy (non-hydrogen) atoms. The summed E-state index contributed by atoms with van der Waals surface area (Å²) < 4.78 is 29.2. The lowest BCUT2D eigenvalue weighted by atomic mass is 10.3. The van der Waals surface area contributed by atoms with Crippen LogP contribution in [0.25, 0.3) is 0 Å². The molecule has 0 saturated heterocycles. The number of hydrogen-bond donors (Lipinski definition) is 0. The highest BCUT2D eigenvalue weighted by Gasteiger charge is 2.05. The smallest absolute Gasteiger partial charge is 0.343 e. The Balaban J connectivity index is 2.53. The molecule has 0 aliphatic rings. The fraction of sp³-hybridized carbons (Fsp3) is 0.222. The maximum absolute atomic E-state index is 11.0. The maximum Gasteiger partial charge on any atom is 0.343 e. The summed E-state index contributed by atoms with van der Waals surface area (Å²) in [7, 11) is -2.77. The summed E-state index contributed by atoms with van der Waals surface area (Å²) in [5.74, 6) is -0.783. The highest BCUT2D eigenvalue weighted by atomic mass is 35.5. The number of esters is 1. The van der Waals surface area contributed by atoms with Crippen molar-refractivity contribution in [3.63, 3.8) is 0 Å². The topological polar surface area (TPSA) is 35.5 Å². The van der Waals surface area contributed by atoms with Gasteiger partial charge in [0.15, 0.2) is 6.61 Å². The molecule has 3 nitrogen and oxygen atoms in total. The molecule has 5 heteroatoms.